The minimum absolute atomic E-state index is 0.0637. The molecule has 2 aromatic carbocycles. The standard InChI is InChI=1S/C21H15N3O3/c1-2-11-24-21(26)16-9-5-4-8-15(16)17(23-24)13-22-20(25)19-12-14-7-3-6-10-18(14)27-19/h1,3-10,12H,11,13H2,(H,22,25). The minimum Gasteiger partial charge on any atom is -0.451 e. The summed E-state index contributed by atoms with van der Waals surface area (Å²) >= 11 is 0. The molecule has 6 nitrogen and oxygen atoms in total. The molecular formula is C21H15N3O3. The molecule has 132 valence electrons. The number of hydrogen-bond acceptors (Lipinski definition) is 4. The maximum Gasteiger partial charge on any atom is 0.287 e. The second-order valence-electron chi connectivity index (χ2n) is 5.99. The molecule has 0 fully saturated rings. The van der Waals surface area contributed by atoms with Crippen molar-refractivity contribution in [1.82, 2.24) is 15.1 Å². The molecular weight excluding hydrogens is 342 g/mol. The maximum absolute atomic E-state index is 12.5. The van der Waals surface area contributed by atoms with Gasteiger partial charge in [0.25, 0.3) is 11.5 Å². The van der Waals surface area contributed by atoms with Gasteiger partial charge in [0.05, 0.1) is 17.6 Å². The lowest BCUT2D eigenvalue weighted by atomic mass is 10.1. The second kappa shape index (κ2) is 6.81. The van der Waals surface area contributed by atoms with Crippen molar-refractivity contribution in [2.45, 2.75) is 13.1 Å². The van der Waals surface area contributed by atoms with Crippen LogP contribution < -0.4 is 10.9 Å². The number of carbonyl (C=O) groups is 1. The highest BCUT2D eigenvalue weighted by Gasteiger charge is 2.14. The predicted molar refractivity (Wildman–Crippen MR) is 102 cm³/mol. The van der Waals surface area contributed by atoms with Crippen LogP contribution in [-0.2, 0) is 13.1 Å². The summed E-state index contributed by atoms with van der Waals surface area (Å²) in [6.45, 7) is 0.204. The molecule has 0 aliphatic rings. The zero-order valence-electron chi connectivity index (χ0n) is 14.3. The van der Waals surface area contributed by atoms with Gasteiger partial charge in [-0.2, -0.15) is 5.10 Å². The fourth-order valence-electron chi connectivity index (χ4n) is 2.97. The Bertz CT molecular complexity index is 1230. The molecule has 4 aromatic rings. The maximum atomic E-state index is 12.5. The SMILES string of the molecule is C#CCn1nc(CNC(=O)c2cc3ccccc3o2)c2ccccc2c1=O. The van der Waals surface area contributed by atoms with E-state index in [1.165, 1.54) is 4.68 Å². The van der Waals surface area contributed by atoms with Crippen molar-refractivity contribution in [2.75, 3.05) is 0 Å². The van der Waals surface area contributed by atoms with Crippen LogP contribution in [0.15, 0.2) is 63.8 Å². The first-order valence-corrected chi connectivity index (χ1v) is 8.36. The molecule has 0 aliphatic carbocycles. The first-order chi connectivity index (χ1) is 13.2. The van der Waals surface area contributed by atoms with Crippen molar-refractivity contribution in [1.29, 1.82) is 0 Å². The Morgan fingerprint density at radius 2 is 1.89 bits per heavy atom. The van der Waals surface area contributed by atoms with Crippen LogP contribution in [0.1, 0.15) is 16.2 Å². The molecule has 0 spiro atoms. The highest BCUT2D eigenvalue weighted by Crippen LogP contribution is 2.19. The Morgan fingerprint density at radius 1 is 1.15 bits per heavy atom. The van der Waals surface area contributed by atoms with Gasteiger partial charge in [0.1, 0.15) is 12.1 Å². The molecule has 0 aliphatic heterocycles. The monoisotopic (exact) mass is 357 g/mol. The second-order valence-corrected chi connectivity index (χ2v) is 5.99. The third-order valence-electron chi connectivity index (χ3n) is 4.25. The van der Waals surface area contributed by atoms with Gasteiger partial charge in [0, 0.05) is 10.8 Å². The molecule has 1 amide bonds. The summed E-state index contributed by atoms with van der Waals surface area (Å²) in [4.78, 5) is 24.9. The quantitative estimate of drug-likeness (QED) is 0.570. The number of nitrogens with zero attached hydrogens (tertiary/aromatic N) is 2. The Hall–Kier alpha value is -3.85. The van der Waals surface area contributed by atoms with E-state index in [0.717, 1.165) is 5.39 Å². The molecule has 1 N–H and O–H groups in total. The highest BCUT2D eigenvalue weighted by atomic mass is 16.3. The van der Waals surface area contributed by atoms with E-state index >= 15 is 0 Å². The number of terminal acetylenes is 1. The third kappa shape index (κ3) is 3.07. The number of benzene rings is 2. The van der Waals surface area contributed by atoms with E-state index in [9.17, 15) is 9.59 Å². The van der Waals surface area contributed by atoms with Crippen molar-refractivity contribution in [2.24, 2.45) is 0 Å². The number of aromatic nitrogens is 2. The van der Waals surface area contributed by atoms with Gasteiger partial charge in [0.15, 0.2) is 5.76 Å². The highest BCUT2D eigenvalue weighted by molar-refractivity contribution is 5.96. The van der Waals surface area contributed by atoms with Crippen molar-refractivity contribution >= 4 is 27.6 Å². The van der Waals surface area contributed by atoms with Crippen LogP contribution in [0.3, 0.4) is 0 Å². The van der Waals surface area contributed by atoms with Gasteiger partial charge in [-0.05, 0) is 18.2 Å². The van der Waals surface area contributed by atoms with E-state index < -0.39 is 0 Å². The van der Waals surface area contributed by atoms with Gasteiger partial charge < -0.3 is 9.73 Å². The van der Waals surface area contributed by atoms with E-state index in [4.69, 9.17) is 10.8 Å². The van der Waals surface area contributed by atoms with Crippen LogP contribution in [-0.4, -0.2) is 15.7 Å². The minimum atomic E-state index is -0.355. The lowest BCUT2D eigenvalue weighted by Gasteiger charge is -2.09. The van der Waals surface area contributed by atoms with Crippen molar-refractivity contribution in [3.63, 3.8) is 0 Å². The molecule has 0 radical (unpaired) electrons. The number of para-hydroxylation sites is 1. The fourth-order valence-corrected chi connectivity index (χ4v) is 2.97. The summed E-state index contributed by atoms with van der Waals surface area (Å²) < 4.78 is 6.80. The molecule has 27 heavy (non-hydrogen) atoms. The molecule has 6 heteroatoms. The largest absolute Gasteiger partial charge is 0.451 e. The molecule has 0 saturated heterocycles. The summed E-state index contributed by atoms with van der Waals surface area (Å²) in [6.07, 6.45) is 5.33. The molecule has 0 saturated carbocycles. The van der Waals surface area contributed by atoms with Gasteiger partial charge in [-0.3, -0.25) is 9.59 Å². The average molecular weight is 357 g/mol. The van der Waals surface area contributed by atoms with Gasteiger partial charge in [-0.1, -0.05) is 42.3 Å². The molecule has 0 bridgehead atoms. The third-order valence-corrected chi connectivity index (χ3v) is 4.25. The smallest absolute Gasteiger partial charge is 0.287 e. The number of furan rings is 1. The van der Waals surface area contributed by atoms with Crippen molar-refractivity contribution in [3.05, 3.63) is 76.4 Å². The number of rotatable bonds is 4. The summed E-state index contributed by atoms with van der Waals surface area (Å²) in [5.41, 5.74) is 0.953. The summed E-state index contributed by atoms with van der Waals surface area (Å²) in [7, 11) is 0. The molecule has 2 heterocycles. The topological polar surface area (TPSA) is 77.1 Å². The predicted octanol–water partition coefficient (Wildman–Crippen LogP) is 2.71. The van der Waals surface area contributed by atoms with Crippen LogP contribution >= 0.6 is 0 Å². The summed E-state index contributed by atoms with van der Waals surface area (Å²) in [6, 6.07) is 16.2. The number of nitrogens with one attached hydrogen (secondary N) is 1. The molecule has 0 atom stereocenters. The van der Waals surface area contributed by atoms with Crippen LogP contribution in [0.5, 0.6) is 0 Å². The molecule has 2 aromatic heterocycles. The zero-order valence-corrected chi connectivity index (χ0v) is 14.3. The van der Waals surface area contributed by atoms with E-state index in [2.05, 4.69) is 16.3 Å². The van der Waals surface area contributed by atoms with E-state index in [1.807, 2.05) is 24.3 Å². The Kier molecular flexibility index (Phi) is 4.19. The van der Waals surface area contributed by atoms with Crippen molar-refractivity contribution in [3.8, 4) is 12.3 Å². The Labute approximate surface area is 154 Å². The van der Waals surface area contributed by atoms with E-state index in [-0.39, 0.29) is 30.3 Å². The van der Waals surface area contributed by atoms with E-state index in [1.54, 1.807) is 30.3 Å². The van der Waals surface area contributed by atoms with Crippen LogP contribution in [0.4, 0.5) is 0 Å². The van der Waals surface area contributed by atoms with E-state index in [0.29, 0.717) is 22.0 Å². The van der Waals surface area contributed by atoms with Gasteiger partial charge in [-0.15, -0.1) is 6.42 Å². The first-order valence-electron chi connectivity index (χ1n) is 8.36. The summed E-state index contributed by atoms with van der Waals surface area (Å²) in [5.74, 6) is 2.29. The van der Waals surface area contributed by atoms with Gasteiger partial charge >= 0.3 is 0 Å². The lowest BCUT2D eigenvalue weighted by Crippen LogP contribution is -2.28. The molecule has 4 rings (SSSR count). The zero-order chi connectivity index (χ0) is 18.8. The normalized spacial score (nSPS) is 10.8. The van der Waals surface area contributed by atoms with Crippen LogP contribution in [0.2, 0.25) is 0 Å². The fraction of sp³-hybridized carbons (Fsp3) is 0.0952. The lowest BCUT2D eigenvalue weighted by molar-refractivity contribution is 0.0925. The number of amides is 1. The van der Waals surface area contributed by atoms with Crippen LogP contribution in [0.25, 0.3) is 21.7 Å². The average Bonchev–Trinajstić information content (AvgIpc) is 3.13. The Balaban J connectivity index is 1.65. The number of fused-ring (bicyclic) bond motifs is 2. The van der Waals surface area contributed by atoms with Crippen LogP contribution in [0, 0.1) is 12.3 Å². The van der Waals surface area contributed by atoms with Crippen molar-refractivity contribution < 1.29 is 9.21 Å². The Morgan fingerprint density at radius 3 is 2.67 bits per heavy atom. The van der Waals surface area contributed by atoms with Gasteiger partial charge in [-0.25, -0.2) is 4.68 Å². The molecule has 0 unspecified atom stereocenters. The summed E-state index contributed by atoms with van der Waals surface area (Å²) in [5, 5.41) is 9.16. The number of hydrogen-bond donors (Lipinski definition) is 1. The first kappa shape index (κ1) is 16.6. The number of carbonyl (C=O) groups excluding carboxylic acids is 1. The van der Waals surface area contributed by atoms with Gasteiger partial charge in [0.2, 0.25) is 0 Å².